The zero-order valence-electron chi connectivity index (χ0n) is 32.6. The number of hydrogen-bond donors (Lipinski definition) is 0. The highest BCUT2D eigenvalue weighted by Gasteiger charge is 2.65. The molecule has 0 N–H and O–H groups in total. The SMILES string of the molecule is CC(C)(C)[P+](c1ccccc1)(c1ccc2ccccc2c1-c1c([P+](c2ccccc2)(C(C)(C)C)C(C)(C)C)ccc2ccccc12)C(C)(C)C. The number of hydrogen-bond acceptors (Lipinski definition) is 0. The Labute approximate surface area is 304 Å². The maximum Gasteiger partial charge on any atom is 0.109 e. The first kappa shape index (κ1) is 36.5. The molecule has 0 fully saturated rings. The molecule has 0 atom stereocenters. The van der Waals surface area contributed by atoms with Crippen LogP contribution in [0.25, 0.3) is 32.7 Å². The van der Waals surface area contributed by atoms with E-state index >= 15 is 0 Å². The predicted molar refractivity (Wildman–Crippen MR) is 231 cm³/mol. The monoisotopic (exact) mass is 696 g/mol. The van der Waals surface area contributed by atoms with Gasteiger partial charge < -0.3 is 0 Å². The van der Waals surface area contributed by atoms with Crippen molar-refractivity contribution in [1.29, 1.82) is 0 Å². The second-order valence-electron chi connectivity index (χ2n) is 18.1. The standard InChI is InChI=1S/C48H58P2/c1-45(2,3)49(46(4,5)6,37-25-15-13-16-26-37)41-33-31-35-23-19-21-29-39(35)43(41)44-40-30-22-20-24-36(40)32-34-42(44)50(47(7,8)9,48(10,11)12)38-27-17-14-18-28-38/h13-34H,1-12H3/q+2. The van der Waals surface area contributed by atoms with Crippen LogP contribution in [0.2, 0.25) is 0 Å². The quantitative estimate of drug-likeness (QED) is 0.157. The molecule has 258 valence electrons. The van der Waals surface area contributed by atoms with Gasteiger partial charge in [-0.05, 0) is 141 Å². The van der Waals surface area contributed by atoms with Gasteiger partial charge in [-0.3, -0.25) is 0 Å². The fourth-order valence-electron chi connectivity index (χ4n) is 10.2. The van der Waals surface area contributed by atoms with Crippen LogP contribution in [-0.4, -0.2) is 20.6 Å². The minimum absolute atomic E-state index is 0.0196. The minimum Gasteiger partial charge on any atom is -0.0620 e. The second kappa shape index (κ2) is 12.7. The lowest BCUT2D eigenvalue weighted by Gasteiger charge is -2.49. The van der Waals surface area contributed by atoms with Crippen LogP contribution in [0.15, 0.2) is 133 Å². The van der Waals surface area contributed by atoms with E-state index in [1.54, 1.807) is 0 Å². The topological polar surface area (TPSA) is 0 Å². The van der Waals surface area contributed by atoms with Gasteiger partial charge in [0.05, 0.1) is 35.1 Å². The van der Waals surface area contributed by atoms with Crippen molar-refractivity contribution in [2.45, 2.75) is 104 Å². The summed E-state index contributed by atoms with van der Waals surface area (Å²) in [6.07, 6.45) is 0. The molecule has 6 aromatic rings. The third-order valence-electron chi connectivity index (χ3n) is 11.1. The molecule has 0 spiro atoms. The van der Waals surface area contributed by atoms with Gasteiger partial charge >= 0.3 is 0 Å². The van der Waals surface area contributed by atoms with Gasteiger partial charge in [-0.1, -0.05) is 97.1 Å². The molecule has 0 saturated carbocycles. The van der Waals surface area contributed by atoms with Crippen molar-refractivity contribution in [3.63, 3.8) is 0 Å². The van der Waals surface area contributed by atoms with Crippen LogP contribution in [0, 0.1) is 0 Å². The maximum absolute atomic E-state index is 2.55. The summed E-state index contributed by atoms with van der Waals surface area (Å²) in [5, 5.41) is 11.2. The molecule has 50 heavy (non-hydrogen) atoms. The Morgan fingerprint density at radius 2 is 0.580 bits per heavy atom. The zero-order valence-corrected chi connectivity index (χ0v) is 34.4. The van der Waals surface area contributed by atoms with E-state index in [0.717, 1.165) is 0 Å². The predicted octanol–water partition coefficient (Wildman–Crippen LogP) is 12.8. The van der Waals surface area contributed by atoms with Crippen LogP contribution in [0.1, 0.15) is 83.1 Å². The fraction of sp³-hybridized carbons (Fsp3) is 0.333. The van der Waals surface area contributed by atoms with Crippen LogP contribution < -0.4 is 21.2 Å². The number of fused-ring (bicyclic) bond motifs is 2. The summed E-state index contributed by atoms with van der Waals surface area (Å²) in [5.74, 6) is 0. The zero-order chi connectivity index (χ0) is 36.3. The van der Waals surface area contributed by atoms with Gasteiger partial charge in [0.1, 0.15) is 21.2 Å². The van der Waals surface area contributed by atoms with E-state index in [4.69, 9.17) is 0 Å². The Balaban J connectivity index is 1.97. The Bertz CT molecular complexity index is 1950. The van der Waals surface area contributed by atoms with Crippen molar-refractivity contribution in [3.05, 3.63) is 133 Å². The molecular weight excluding hydrogens is 638 g/mol. The molecule has 0 heterocycles. The van der Waals surface area contributed by atoms with Crippen LogP contribution in [0.3, 0.4) is 0 Å². The van der Waals surface area contributed by atoms with Crippen molar-refractivity contribution < 1.29 is 0 Å². The van der Waals surface area contributed by atoms with E-state index in [1.165, 1.54) is 53.9 Å². The third-order valence-corrected chi connectivity index (χ3v) is 23.5. The van der Waals surface area contributed by atoms with E-state index < -0.39 is 14.5 Å². The fourth-order valence-corrected chi connectivity index (χ4v) is 23.7. The highest BCUT2D eigenvalue weighted by atomic mass is 31.2. The van der Waals surface area contributed by atoms with Gasteiger partial charge in [0.15, 0.2) is 0 Å². The lowest BCUT2D eigenvalue weighted by Crippen LogP contribution is -2.48. The van der Waals surface area contributed by atoms with Gasteiger partial charge in [0.25, 0.3) is 0 Å². The van der Waals surface area contributed by atoms with E-state index in [9.17, 15) is 0 Å². The largest absolute Gasteiger partial charge is 0.109 e. The number of rotatable bonds is 5. The first-order valence-corrected chi connectivity index (χ1v) is 21.9. The highest BCUT2D eigenvalue weighted by molar-refractivity contribution is 7.93. The summed E-state index contributed by atoms with van der Waals surface area (Å²) < 4.78 is 0. The molecule has 0 aromatic heterocycles. The Kier molecular flexibility index (Phi) is 9.29. The minimum atomic E-state index is -2.17. The third kappa shape index (κ3) is 5.49. The lowest BCUT2D eigenvalue weighted by molar-refractivity contribution is 0.703. The molecule has 0 aliphatic rings. The van der Waals surface area contributed by atoms with Gasteiger partial charge in [0.2, 0.25) is 0 Å². The lowest BCUT2D eigenvalue weighted by atomic mass is 9.93. The van der Waals surface area contributed by atoms with Crippen LogP contribution >= 0.6 is 14.5 Å². The van der Waals surface area contributed by atoms with Crippen molar-refractivity contribution in [2.24, 2.45) is 0 Å². The van der Waals surface area contributed by atoms with E-state index in [-0.39, 0.29) is 20.6 Å². The molecule has 0 aliphatic heterocycles. The molecule has 0 bridgehead atoms. The smallest absolute Gasteiger partial charge is 0.0620 e. The normalized spacial score (nSPS) is 13.6. The van der Waals surface area contributed by atoms with E-state index in [1.807, 2.05) is 0 Å². The summed E-state index contributed by atoms with van der Waals surface area (Å²) in [6, 6.07) is 51.4. The van der Waals surface area contributed by atoms with Gasteiger partial charge in [-0.2, -0.15) is 0 Å². The van der Waals surface area contributed by atoms with Crippen LogP contribution in [-0.2, 0) is 0 Å². The molecule has 2 heteroatoms. The Hall–Kier alpha value is -3.30. The van der Waals surface area contributed by atoms with Crippen molar-refractivity contribution in [2.75, 3.05) is 0 Å². The second-order valence-corrected chi connectivity index (χ2v) is 28.1. The summed E-state index contributed by atoms with van der Waals surface area (Å²) in [4.78, 5) is 0. The van der Waals surface area contributed by atoms with Gasteiger partial charge in [-0.25, -0.2) is 0 Å². The first-order valence-electron chi connectivity index (χ1n) is 18.3. The first-order chi connectivity index (χ1) is 23.4. The summed E-state index contributed by atoms with van der Waals surface area (Å²) >= 11 is 0. The van der Waals surface area contributed by atoms with Crippen molar-refractivity contribution in [1.82, 2.24) is 0 Å². The number of benzene rings is 6. The van der Waals surface area contributed by atoms with Gasteiger partial charge in [0, 0.05) is 11.1 Å². The molecule has 6 rings (SSSR count). The maximum atomic E-state index is 2.55. The summed E-state index contributed by atoms with van der Waals surface area (Å²) in [7, 11) is -4.33. The van der Waals surface area contributed by atoms with Crippen molar-refractivity contribution in [3.8, 4) is 11.1 Å². The Morgan fingerprint density at radius 3 is 0.880 bits per heavy atom. The van der Waals surface area contributed by atoms with E-state index in [0.29, 0.717) is 0 Å². The molecule has 0 amide bonds. The summed E-state index contributed by atoms with van der Waals surface area (Å²) in [6.45, 7) is 30.1. The average Bonchev–Trinajstić information content (AvgIpc) is 3.04. The van der Waals surface area contributed by atoms with Crippen molar-refractivity contribution >= 4 is 57.3 Å². The van der Waals surface area contributed by atoms with Crippen LogP contribution in [0.5, 0.6) is 0 Å². The molecule has 6 aromatic carbocycles. The molecule has 0 nitrogen and oxygen atoms in total. The molecular formula is C48H58P2+2. The molecule has 0 unspecified atom stereocenters. The molecule has 0 radical (unpaired) electrons. The summed E-state index contributed by atoms with van der Waals surface area (Å²) in [5.41, 5.74) is 2.87. The molecule has 0 aliphatic carbocycles. The van der Waals surface area contributed by atoms with Crippen LogP contribution in [0.4, 0.5) is 0 Å². The highest BCUT2D eigenvalue weighted by Crippen LogP contribution is 2.78. The Morgan fingerprint density at radius 1 is 0.300 bits per heavy atom. The average molecular weight is 697 g/mol. The van der Waals surface area contributed by atoms with E-state index in [2.05, 4.69) is 217 Å². The molecule has 0 saturated heterocycles. The van der Waals surface area contributed by atoms with Gasteiger partial charge in [-0.15, -0.1) is 0 Å².